The molecule has 0 aliphatic carbocycles. The van der Waals surface area contributed by atoms with Crippen molar-refractivity contribution in [1.82, 2.24) is 10.6 Å². The fourth-order valence-corrected chi connectivity index (χ4v) is 2.81. The van der Waals surface area contributed by atoms with Gasteiger partial charge in [-0.2, -0.15) is 0 Å². The minimum atomic E-state index is -0.622. The van der Waals surface area contributed by atoms with Crippen molar-refractivity contribution in [3.05, 3.63) is 35.4 Å². The first kappa shape index (κ1) is 18.6. The Morgan fingerprint density at radius 3 is 2.71 bits per heavy atom. The van der Waals surface area contributed by atoms with Crippen LogP contribution in [0.5, 0.6) is 11.5 Å². The van der Waals surface area contributed by atoms with Gasteiger partial charge in [0.15, 0.2) is 11.5 Å². The number of nitrogens with one attached hydrogen (secondary N) is 2. The second-order valence-electron chi connectivity index (χ2n) is 6.48. The summed E-state index contributed by atoms with van der Waals surface area (Å²) in [5.41, 5.74) is 1.59. The number of carbonyl (C=O) groups excluding carboxylic acids is 1. The molecule has 2 heterocycles. The van der Waals surface area contributed by atoms with E-state index in [0.717, 1.165) is 36.6 Å². The summed E-state index contributed by atoms with van der Waals surface area (Å²) in [7, 11) is 0. The third-order valence-corrected chi connectivity index (χ3v) is 4.47. The largest absolute Gasteiger partial charge is 0.486 e. The Bertz CT molecular complexity index is 629. The van der Waals surface area contributed by atoms with Gasteiger partial charge in [-0.15, -0.1) is 12.4 Å². The van der Waals surface area contributed by atoms with Crippen molar-refractivity contribution >= 4 is 18.3 Å². The summed E-state index contributed by atoms with van der Waals surface area (Å²) in [6, 6.07) is 5.74. The van der Waals surface area contributed by atoms with Crippen molar-refractivity contribution in [2.45, 2.75) is 25.7 Å². The molecule has 5 nitrogen and oxygen atoms in total. The normalized spacial score (nSPS) is 16.7. The molecule has 1 amide bonds. The third kappa shape index (κ3) is 4.02. The maximum atomic E-state index is 12.6. The van der Waals surface area contributed by atoms with Crippen molar-refractivity contribution < 1.29 is 14.3 Å². The van der Waals surface area contributed by atoms with Crippen LogP contribution in [0.4, 0.5) is 0 Å². The van der Waals surface area contributed by atoms with Gasteiger partial charge in [-0.25, -0.2) is 0 Å². The van der Waals surface area contributed by atoms with Gasteiger partial charge in [0.25, 0.3) is 0 Å². The van der Waals surface area contributed by atoms with Gasteiger partial charge in [-0.05, 0) is 44.5 Å². The number of halogens is 1. The van der Waals surface area contributed by atoms with Crippen LogP contribution >= 0.6 is 12.4 Å². The number of rotatable bonds is 4. The highest BCUT2D eigenvalue weighted by Crippen LogP contribution is 2.35. The lowest BCUT2D eigenvalue weighted by Gasteiger charge is -2.27. The number of carbonyl (C=O) groups is 1. The van der Waals surface area contributed by atoms with Crippen molar-refractivity contribution in [3.63, 3.8) is 0 Å². The van der Waals surface area contributed by atoms with Gasteiger partial charge >= 0.3 is 0 Å². The van der Waals surface area contributed by atoms with Gasteiger partial charge in [-0.1, -0.05) is 17.7 Å². The third-order valence-electron chi connectivity index (χ3n) is 4.47. The van der Waals surface area contributed by atoms with E-state index in [1.165, 1.54) is 5.57 Å². The van der Waals surface area contributed by atoms with E-state index in [2.05, 4.69) is 16.7 Å². The molecule has 2 N–H and O–H groups in total. The van der Waals surface area contributed by atoms with E-state index in [-0.39, 0.29) is 18.3 Å². The summed E-state index contributed by atoms with van der Waals surface area (Å²) in [6.45, 7) is 7.47. The average molecular weight is 353 g/mol. The summed E-state index contributed by atoms with van der Waals surface area (Å²) >= 11 is 0. The Morgan fingerprint density at radius 2 is 2.00 bits per heavy atom. The Labute approximate surface area is 149 Å². The molecule has 24 heavy (non-hydrogen) atoms. The van der Waals surface area contributed by atoms with Crippen LogP contribution in [0, 0.1) is 0 Å². The number of hydrogen-bond donors (Lipinski definition) is 2. The molecular formula is C18H25ClN2O3. The van der Waals surface area contributed by atoms with Gasteiger partial charge in [0.05, 0.1) is 5.41 Å². The molecule has 0 aromatic heterocycles. The quantitative estimate of drug-likeness (QED) is 0.815. The minimum absolute atomic E-state index is 0. The zero-order valence-corrected chi connectivity index (χ0v) is 15.0. The predicted molar refractivity (Wildman–Crippen MR) is 96.3 cm³/mol. The van der Waals surface area contributed by atoms with Crippen molar-refractivity contribution in [2.75, 3.05) is 32.8 Å². The predicted octanol–water partition coefficient (Wildman–Crippen LogP) is 2.19. The first-order valence-electron chi connectivity index (χ1n) is 8.14. The molecule has 0 saturated heterocycles. The lowest BCUT2D eigenvalue weighted by Crippen LogP contribution is -2.41. The number of amides is 1. The molecule has 0 atom stereocenters. The van der Waals surface area contributed by atoms with Gasteiger partial charge in [0.2, 0.25) is 5.91 Å². The maximum absolute atomic E-state index is 12.6. The zero-order valence-electron chi connectivity index (χ0n) is 14.2. The van der Waals surface area contributed by atoms with Crippen molar-refractivity contribution in [2.24, 2.45) is 0 Å². The molecule has 6 heteroatoms. The van der Waals surface area contributed by atoms with Crippen LogP contribution in [0.2, 0.25) is 0 Å². The fourth-order valence-electron chi connectivity index (χ4n) is 2.81. The van der Waals surface area contributed by atoms with Crippen LogP contribution in [-0.2, 0) is 10.2 Å². The smallest absolute Gasteiger partial charge is 0.230 e. The van der Waals surface area contributed by atoms with Gasteiger partial charge in [-0.3, -0.25) is 4.79 Å². The second-order valence-corrected chi connectivity index (χ2v) is 6.48. The molecule has 132 valence electrons. The van der Waals surface area contributed by atoms with Gasteiger partial charge in [0.1, 0.15) is 13.2 Å². The Balaban J connectivity index is 0.00000208. The topological polar surface area (TPSA) is 59.6 Å². The van der Waals surface area contributed by atoms with E-state index in [4.69, 9.17) is 9.47 Å². The van der Waals surface area contributed by atoms with Crippen LogP contribution in [-0.4, -0.2) is 38.8 Å². The average Bonchev–Trinajstić information content (AvgIpc) is 2.60. The summed E-state index contributed by atoms with van der Waals surface area (Å²) < 4.78 is 11.2. The Morgan fingerprint density at radius 1 is 1.25 bits per heavy atom. The summed E-state index contributed by atoms with van der Waals surface area (Å²) in [5.74, 6) is 1.49. The summed E-state index contributed by atoms with van der Waals surface area (Å²) in [5, 5.41) is 6.34. The molecule has 0 saturated carbocycles. The van der Waals surface area contributed by atoms with E-state index in [1.54, 1.807) is 0 Å². The highest BCUT2D eigenvalue weighted by atomic mass is 35.5. The van der Waals surface area contributed by atoms with E-state index in [1.807, 2.05) is 32.0 Å². The number of hydrogen-bond acceptors (Lipinski definition) is 4. The summed E-state index contributed by atoms with van der Waals surface area (Å²) in [4.78, 5) is 12.6. The van der Waals surface area contributed by atoms with Crippen LogP contribution in [0.15, 0.2) is 29.8 Å². The van der Waals surface area contributed by atoms with Crippen molar-refractivity contribution in [1.29, 1.82) is 0 Å². The van der Waals surface area contributed by atoms with E-state index >= 15 is 0 Å². The maximum Gasteiger partial charge on any atom is 0.230 e. The molecule has 2 aliphatic heterocycles. The molecule has 0 unspecified atom stereocenters. The highest BCUT2D eigenvalue weighted by molar-refractivity contribution is 5.87. The zero-order chi connectivity index (χ0) is 16.3. The SMILES string of the molecule is CC(C)(C(=O)NCC1=CCNCC1)c1ccc2c(c1)OCCO2.Cl. The molecule has 0 fully saturated rings. The van der Waals surface area contributed by atoms with E-state index < -0.39 is 5.41 Å². The monoisotopic (exact) mass is 352 g/mol. The van der Waals surface area contributed by atoms with E-state index in [0.29, 0.717) is 19.8 Å². The summed E-state index contributed by atoms with van der Waals surface area (Å²) in [6.07, 6.45) is 3.14. The molecule has 0 radical (unpaired) electrons. The van der Waals surface area contributed by atoms with Gasteiger partial charge < -0.3 is 20.1 Å². The molecule has 0 bridgehead atoms. The fraction of sp³-hybridized carbons (Fsp3) is 0.500. The van der Waals surface area contributed by atoms with Crippen LogP contribution in [0.3, 0.4) is 0 Å². The van der Waals surface area contributed by atoms with Crippen LogP contribution in [0.1, 0.15) is 25.8 Å². The first-order valence-corrected chi connectivity index (χ1v) is 8.14. The Hall–Kier alpha value is -1.72. The first-order chi connectivity index (χ1) is 11.1. The van der Waals surface area contributed by atoms with Gasteiger partial charge in [0, 0.05) is 13.1 Å². The standard InChI is InChI=1S/C18H24N2O3.ClH/c1-18(2,17(21)20-12-13-5-7-19-8-6-13)14-3-4-15-16(11-14)23-10-9-22-15;/h3-5,11,19H,6-10,12H2,1-2H3,(H,20,21);1H. The molecule has 1 aromatic rings. The van der Waals surface area contributed by atoms with Crippen LogP contribution < -0.4 is 20.1 Å². The molecule has 1 aromatic carbocycles. The highest BCUT2D eigenvalue weighted by Gasteiger charge is 2.31. The minimum Gasteiger partial charge on any atom is -0.486 e. The molecule has 2 aliphatic rings. The Kier molecular flexibility index (Phi) is 6.13. The van der Waals surface area contributed by atoms with Crippen LogP contribution in [0.25, 0.3) is 0 Å². The van der Waals surface area contributed by atoms with E-state index in [9.17, 15) is 4.79 Å². The molecular weight excluding hydrogens is 328 g/mol. The lowest BCUT2D eigenvalue weighted by atomic mass is 9.83. The second kappa shape index (κ2) is 7.90. The molecule has 3 rings (SSSR count). The number of benzene rings is 1. The number of fused-ring (bicyclic) bond motifs is 1. The van der Waals surface area contributed by atoms with Crippen molar-refractivity contribution in [3.8, 4) is 11.5 Å². The lowest BCUT2D eigenvalue weighted by molar-refractivity contribution is -0.125. The molecule has 0 spiro atoms. The number of ether oxygens (including phenoxy) is 2.